The number of hydrogen-bond acceptors (Lipinski definition) is 2. The molecule has 90 valence electrons. The van der Waals surface area contributed by atoms with Crippen molar-refractivity contribution < 1.29 is 14.7 Å². The first-order chi connectivity index (χ1) is 7.66. The lowest BCUT2D eigenvalue weighted by molar-refractivity contribution is -0.137. The van der Waals surface area contributed by atoms with E-state index in [0.717, 1.165) is 25.3 Å². The molecule has 0 radical (unpaired) electrons. The zero-order valence-corrected chi connectivity index (χ0v) is 9.52. The second-order valence-electron chi connectivity index (χ2n) is 4.97. The molecule has 0 unspecified atom stereocenters. The Labute approximate surface area is 95.6 Å². The average molecular weight is 225 g/mol. The normalized spacial score (nSPS) is 19.5. The number of amides is 1. The van der Waals surface area contributed by atoms with E-state index in [4.69, 9.17) is 5.11 Å². The van der Waals surface area contributed by atoms with Gasteiger partial charge in [0.25, 0.3) is 0 Å². The zero-order valence-electron chi connectivity index (χ0n) is 9.52. The fraction of sp³-hybridized carbons (Fsp3) is 0.833. The van der Waals surface area contributed by atoms with Gasteiger partial charge < -0.3 is 10.0 Å². The van der Waals surface area contributed by atoms with Crippen molar-refractivity contribution in [3.05, 3.63) is 0 Å². The number of rotatable bonds is 7. The Morgan fingerprint density at radius 2 is 1.81 bits per heavy atom. The summed E-state index contributed by atoms with van der Waals surface area (Å²) in [6.45, 7) is 0.913. The van der Waals surface area contributed by atoms with E-state index in [1.807, 2.05) is 4.90 Å². The lowest BCUT2D eigenvalue weighted by Crippen LogP contribution is -2.34. The van der Waals surface area contributed by atoms with Crippen LogP contribution in [0.3, 0.4) is 0 Å². The summed E-state index contributed by atoms with van der Waals surface area (Å²) in [6, 6.07) is 0.470. The summed E-state index contributed by atoms with van der Waals surface area (Å²) in [7, 11) is 0. The molecule has 0 aromatic rings. The van der Waals surface area contributed by atoms with Gasteiger partial charge in [0.05, 0.1) is 0 Å². The fourth-order valence-corrected chi connectivity index (χ4v) is 1.95. The van der Waals surface area contributed by atoms with Gasteiger partial charge in [-0.25, -0.2) is 0 Å². The second kappa shape index (κ2) is 4.85. The summed E-state index contributed by atoms with van der Waals surface area (Å²) in [6.07, 6.45) is 5.76. The van der Waals surface area contributed by atoms with Crippen LogP contribution in [0.1, 0.15) is 44.9 Å². The first-order valence-corrected chi connectivity index (χ1v) is 6.18. The van der Waals surface area contributed by atoms with Crippen LogP contribution in [0.15, 0.2) is 0 Å². The van der Waals surface area contributed by atoms with Gasteiger partial charge in [0.15, 0.2) is 0 Å². The van der Waals surface area contributed by atoms with Crippen molar-refractivity contribution in [1.82, 2.24) is 4.90 Å². The zero-order chi connectivity index (χ0) is 11.5. The van der Waals surface area contributed by atoms with Gasteiger partial charge in [0.2, 0.25) is 5.91 Å². The molecule has 0 atom stereocenters. The molecule has 0 aliphatic heterocycles. The molecule has 1 N–H and O–H groups in total. The van der Waals surface area contributed by atoms with E-state index in [1.165, 1.54) is 12.8 Å². The molecule has 4 heteroatoms. The predicted octanol–water partition coefficient (Wildman–Crippen LogP) is 1.64. The molecule has 0 spiro atoms. The summed E-state index contributed by atoms with van der Waals surface area (Å²) < 4.78 is 0. The van der Waals surface area contributed by atoms with E-state index in [1.54, 1.807) is 0 Å². The SMILES string of the molecule is O=C(O)CCCC(=O)N(CC1CC1)C1CC1. The number of aliphatic carboxylic acids is 1. The van der Waals surface area contributed by atoms with E-state index in [9.17, 15) is 9.59 Å². The van der Waals surface area contributed by atoms with Crippen LogP contribution >= 0.6 is 0 Å². The highest BCUT2D eigenvalue weighted by atomic mass is 16.4. The molecule has 16 heavy (non-hydrogen) atoms. The predicted molar refractivity (Wildman–Crippen MR) is 58.9 cm³/mol. The van der Waals surface area contributed by atoms with Crippen LogP contribution in [0, 0.1) is 5.92 Å². The van der Waals surface area contributed by atoms with Gasteiger partial charge in [0.1, 0.15) is 0 Å². The summed E-state index contributed by atoms with van der Waals surface area (Å²) >= 11 is 0. The van der Waals surface area contributed by atoms with Crippen LogP contribution in [-0.2, 0) is 9.59 Å². The highest BCUT2D eigenvalue weighted by Gasteiger charge is 2.35. The van der Waals surface area contributed by atoms with Gasteiger partial charge in [0, 0.05) is 25.4 Å². The van der Waals surface area contributed by atoms with Crippen molar-refractivity contribution in [3.63, 3.8) is 0 Å². The van der Waals surface area contributed by atoms with Crippen molar-refractivity contribution in [2.24, 2.45) is 5.92 Å². The number of carbonyl (C=O) groups is 2. The fourth-order valence-electron chi connectivity index (χ4n) is 1.95. The summed E-state index contributed by atoms with van der Waals surface area (Å²) in [4.78, 5) is 24.3. The molecule has 0 bridgehead atoms. The summed E-state index contributed by atoms with van der Waals surface area (Å²) in [5.74, 6) is 0.0765. The lowest BCUT2D eigenvalue weighted by Gasteiger charge is -2.22. The van der Waals surface area contributed by atoms with Crippen LogP contribution in [0.5, 0.6) is 0 Å². The Kier molecular flexibility index (Phi) is 3.46. The minimum atomic E-state index is -0.812. The van der Waals surface area contributed by atoms with Crippen LogP contribution in [0.2, 0.25) is 0 Å². The molecule has 2 rings (SSSR count). The van der Waals surface area contributed by atoms with Gasteiger partial charge in [-0.3, -0.25) is 9.59 Å². The molecular formula is C12H19NO3. The van der Waals surface area contributed by atoms with Crippen molar-refractivity contribution in [3.8, 4) is 0 Å². The number of carbonyl (C=O) groups excluding carboxylic acids is 1. The molecule has 1 amide bonds. The number of carboxylic acid groups (broad SMARTS) is 1. The molecule has 2 aliphatic carbocycles. The maximum atomic E-state index is 11.9. The third-order valence-electron chi connectivity index (χ3n) is 3.24. The molecule has 4 nitrogen and oxygen atoms in total. The van der Waals surface area contributed by atoms with Crippen LogP contribution in [0.4, 0.5) is 0 Å². The summed E-state index contributed by atoms with van der Waals surface area (Å²) in [5, 5.41) is 8.52. The highest BCUT2D eigenvalue weighted by Crippen LogP contribution is 2.35. The van der Waals surface area contributed by atoms with Crippen molar-refractivity contribution in [1.29, 1.82) is 0 Å². The molecular weight excluding hydrogens is 206 g/mol. The molecule has 2 fully saturated rings. The number of hydrogen-bond donors (Lipinski definition) is 1. The Balaban J connectivity index is 1.72. The third-order valence-corrected chi connectivity index (χ3v) is 3.24. The van der Waals surface area contributed by atoms with Gasteiger partial charge in [-0.1, -0.05) is 0 Å². The van der Waals surface area contributed by atoms with Gasteiger partial charge >= 0.3 is 5.97 Å². The van der Waals surface area contributed by atoms with Gasteiger partial charge in [-0.2, -0.15) is 0 Å². The Morgan fingerprint density at radius 1 is 1.12 bits per heavy atom. The largest absolute Gasteiger partial charge is 0.481 e. The Hall–Kier alpha value is -1.06. The first kappa shape index (κ1) is 11.4. The minimum Gasteiger partial charge on any atom is -0.481 e. The molecule has 0 aromatic carbocycles. The second-order valence-corrected chi connectivity index (χ2v) is 4.97. The van der Waals surface area contributed by atoms with Gasteiger partial charge in [-0.05, 0) is 38.0 Å². The molecule has 0 aromatic heterocycles. The summed E-state index contributed by atoms with van der Waals surface area (Å²) in [5.41, 5.74) is 0. The van der Waals surface area contributed by atoms with Gasteiger partial charge in [-0.15, -0.1) is 0 Å². The Bertz CT molecular complexity index is 282. The Morgan fingerprint density at radius 3 is 2.31 bits per heavy atom. The third kappa shape index (κ3) is 3.51. The molecule has 2 saturated carbocycles. The van der Waals surface area contributed by atoms with Crippen molar-refractivity contribution in [2.75, 3.05) is 6.54 Å². The first-order valence-electron chi connectivity index (χ1n) is 6.18. The standard InChI is InChI=1S/C12H19NO3/c14-11(2-1-3-12(15)16)13(10-6-7-10)8-9-4-5-9/h9-10H,1-8H2,(H,15,16). The van der Waals surface area contributed by atoms with Crippen molar-refractivity contribution in [2.45, 2.75) is 51.0 Å². The number of nitrogens with zero attached hydrogens (tertiary/aromatic N) is 1. The van der Waals surface area contributed by atoms with Crippen molar-refractivity contribution >= 4 is 11.9 Å². The quantitative estimate of drug-likeness (QED) is 0.716. The maximum absolute atomic E-state index is 11.9. The van der Waals surface area contributed by atoms with Crippen LogP contribution in [-0.4, -0.2) is 34.5 Å². The topological polar surface area (TPSA) is 57.6 Å². The van der Waals surface area contributed by atoms with E-state index >= 15 is 0 Å². The van der Waals surface area contributed by atoms with E-state index in [-0.39, 0.29) is 12.3 Å². The molecule has 2 aliphatic rings. The van der Waals surface area contributed by atoms with E-state index < -0.39 is 5.97 Å². The lowest BCUT2D eigenvalue weighted by atomic mass is 10.2. The molecule has 0 saturated heterocycles. The average Bonchev–Trinajstić information content (AvgIpc) is 3.06. The van der Waals surface area contributed by atoms with Crippen LogP contribution < -0.4 is 0 Å². The highest BCUT2D eigenvalue weighted by molar-refractivity contribution is 5.77. The monoisotopic (exact) mass is 225 g/mol. The maximum Gasteiger partial charge on any atom is 0.303 e. The van der Waals surface area contributed by atoms with E-state index in [0.29, 0.717) is 18.9 Å². The smallest absolute Gasteiger partial charge is 0.303 e. The number of carboxylic acids is 1. The molecule has 0 heterocycles. The van der Waals surface area contributed by atoms with Crippen LogP contribution in [0.25, 0.3) is 0 Å². The minimum absolute atomic E-state index is 0.105. The van der Waals surface area contributed by atoms with E-state index in [2.05, 4.69) is 0 Å².